The number of carbonyl (C=O) groups excluding carboxylic acids is 1. The molecule has 1 aromatic carbocycles. The quantitative estimate of drug-likeness (QED) is 0.852. The predicted molar refractivity (Wildman–Crippen MR) is 96.2 cm³/mol. The van der Waals surface area contributed by atoms with Crippen molar-refractivity contribution in [2.75, 3.05) is 0 Å². The number of hydrogen-bond acceptors (Lipinski definition) is 5. The summed E-state index contributed by atoms with van der Waals surface area (Å²) in [6, 6.07) is 5.11. The standard InChI is InChI=1S/C19H25NO5S/c1-11-18-14(8-9-19(2)15(18)4-3-5-17(19)21)13-7-6-12(10-16(13)24-11)25-26(20,22)23/h6-7,10-11,14-15,18H,3-5,8-9H2,1-2H3,(H2,20,22,23)/t11?,14-,15+,18+,19+/m1/s1. The molecule has 0 spiro atoms. The Kier molecular flexibility index (Phi) is 4.08. The first-order valence-corrected chi connectivity index (χ1v) is 10.7. The molecule has 2 N–H and O–H groups in total. The highest BCUT2D eigenvalue weighted by molar-refractivity contribution is 7.84. The van der Waals surface area contributed by atoms with Gasteiger partial charge in [0.1, 0.15) is 17.3 Å². The van der Waals surface area contributed by atoms with Crippen molar-refractivity contribution in [2.24, 2.45) is 22.4 Å². The van der Waals surface area contributed by atoms with Gasteiger partial charge in [0, 0.05) is 23.8 Å². The average molecular weight is 379 g/mol. The van der Waals surface area contributed by atoms with Gasteiger partial charge in [-0.05, 0) is 56.1 Å². The van der Waals surface area contributed by atoms with Crippen LogP contribution in [-0.4, -0.2) is 20.3 Å². The molecule has 3 aliphatic rings. The fourth-order valence-electron chi connectivity index (χ4n) is 5.57. The van der Waals surface area contributed by atoms with E-state index in [1.165, 1.54) is 0 Å². The van der Waals surface area contributed by atoms with Crippen LogP contribution >= 0.6 is 0 Å². The molecule has 2 saturated carbocycles. The van der Waals surface area contributed by atoms with Crippen LogP contribution in [0.3, 0.4) is 0 Å². The molecule has 0 aromatic heterocycles. The minimum absolute atomic E-state index is 0.0345. The SMILES string of the molecule is CC1Oc2cc(OS(N)(=O)=O)ccc2[C@H]2CC[C@]3(C)C(=O)CCC[C@H]3[C@@H]12. The number of rotatable bonds is 2. The summed E-state index contributed by atoms with van der Waals surface area (Å²) in [4.78, 5) is 12.6. The molecule has 5 atom stereocenters. The molecule has 7 heteroatoms. The molecule has 0 radical (unpaired) electrons. The van der Waals surface area contributed by atoms with Crippen LogP contribution in [0.4, 0.5) is 0 Å². The summed E-state index contributed by atoms with van der Waals surface area (Å²) in [5.74, 6) is 2.18. The van der Waals surface area contributed by atoms with Gasteiger partial charge in [0.15, 0.2) is 0 Å². The van der Waals surface area contributed by atoms with Crippen LogP contribution in [0, 0.1) is 17.3 Å². The topological polar surface area (TPSA) is 95.7 Å². The van der Waals surface area contributed by atoms with E-state index in [1.807, 2.05) is 6.07 Å². The van der Waals surface area contributed by atoms with E-state index in [0.717, 1.165) is 31.2 Å². The predicted octanol–water partition coefficient (Wildman–Crippen LogP) is 2.92. The third-order valence-electron chi connectivity index (χ3n) is 6.73. The molecule has 1 unspecified atom stereocenters. The summed E-state index contributed by atoms with van der Waals surface area (Å²) in [6.07, 6.45) is 4.54. The molecule has 1 aliphatic heterocycles. The first-order valence-electron chi connectivity index (χ1n) is 9.25. The highest BCUT2D eigenvalue weighted by atomic mass is 32.2. The van der Waals surface area contributed by atoms with Gasteiger partial charge >= 0.3 is 10.3 Å². The molecule has 0 amide bonds. The molecule has 2 aliphatic carbocycles. The summed E-state index contributed by atoms with van der Waals surface area (Å²) in [5, 5.41) is 4.96. The average Bonchev–Trinajstić information content (AvgIpc) is 2.54. The Bertz CT molecular complexity index is 851. The third-order valence-corrected chi connectivity index (χ3v) is 7.15. The van der Waals surface area contributed by atoms with Crippen molar-refractivity contribution in [3.63, 3.8) is 0 Å². The summed E-state index contributed by atoms with van der Waals surface area (Å²) in [5.41, 5.74) is 0.848. The van der Waals surface area contributed by atoms with Crippen molar-refractivity contribution >= 4 is 16.1 Å². The maximum absolute atomic E-state index is 12.6. The summed E-state index contributed by atoms with van der Waals surface area (Å²) < 4.78 is 33.3. The van der Waals surface area contributed by atoms with Crippen molar-refractivity contribution in [3.05, 3.63) is 23.8 Å². The van der Waals surface area contributed by atoms with E-state index in [4.69, 9.17) is 14.1 Å². The highest BCUT2D eigenvalue weighted by Gasteiger charge is 2.55. The Hall–Kier alpha value is -1.60. The minimum Gasteiger partial charge on any atom is -0.490 e. The maximum Gasteiger partial charge on any atom is 0.380 e. The van der Waals surface area contributed by atoms with Crippen molar-refractivity contribution in [2.45, 2.75) is 58.0 Å². The van der Waals surface area contributed by atoms with Crippen LogP contribution in [-0.2, 0) is 15.1 Å². The van der Waals surface area contributed by atoms with E-state index in [1.54, 1.807) is 12.1 Å². The van der Waals surface area contributed by atoms with Crippen LogP contribution in [0.25, 0.3) is 0 Å². The van der Waals surface area contributed by atoms with Gasteiger partial charge in [-0.1, -0.05) is 13.0 Å². The Balaban J connectivity index is 1.69. The van der Waals surface area contributed by atoms with E-state index < -0.39 is 10.3 Å². The van der Waals surface area contributed by atoms with Gasteiger partial charge in [0.25, 0.3) is 0 Å². The van der Waals surface area contributed by atoms with Gasteiger partial charge in [0.05, 0.1) is 6.10 Å². The largest absolute Gasteiger partial charge is 0.490 e. The molecular weight excluding hydrogens is 354 g/mol. The molecule has 6 nitrogen and oxygen atoms in total. The highest BCUT2D eigenvalue weighted by Crippen LogP contribution is 2.59. The van der Waals surface area contributed by atoms with Crippen LogP contribution in [0.5, 0.6) is 11.5 Å². The van der Waals surface area contributed by atoms with Gasteiger partial charge < -0.3 is 8.92 Å². The lowest BCUT2D eigenvalue weighted by molar-refractivity contribution is -0.143. The zero-order valence-electron chi connectivity index (χ0n) is 15.1. The Labute approximate surface area is 154 Å². The van der Waals surface area contributed by atoms with Crippen molar-refractivity contribution in [1.29, 1.82) is 0 Å². The number of carbonyl (C=O) groups is 1. The van der Waals surface area contributed by atoms with Crippen LogP contribution in [0.15, 0.2) is 18.2 Å². The van der Waals surface area contributed by atoms with Crippen LogP contribution in [0.2, 0.25) is 0 Å². The fraction of sp³-hybridized carbons (Fsp3) is 0.632. The van der Waals surface area contributed by atoms with Gasteiger partial charge in [-0.3, -0.25) is 4.79 Å². The fourth-order valence-corrected chi connectivity index (χ4v) is 5.94. The second-order valence-corrected chi connectivity index (χ2v) is 9.31. The molecule has 4 rings (SSSR count). The lowest BCUT2D eigenvalue weighted by Gasteiger charge is -2.54. The normalized spacial score (nSPS) is 36.3. The molecule has 142 valence electrons. The lowest BCUT2D eigenvalue weighted by Crippen LogP contribution is -2.53. The zero-order chi connectivity index (χ0) is 18.7. The monoisotopic (exact) mass is 379 g/mol. The van der Waals surface area contributed by atoms with Gasteiger partial charge in [0.2, 0.25) is 0 Å². The van der Waals surface area contributed by atoms with Crippen molar-refractivity contribution in [3.8, 4) is 11.5 Å². The minimum atomic E-state index is -4.06. The number of hydrogen-bond donors (Lipinski definition) is 1. The number of Topliss-reactive ketones (excluding diaryl/α,β-unsaturated/α-hetero) is 1. The van der Waals surface area contributed by atoms with E-state index in [9.17, 15) is 13.2 Å². The number of ether oxygens (including phenoxy) is 1. The smallest absolute Gasteiger partial charge is 0.380 e. The van der Waals surface area contributed by atoms with Crippen molar-refractivity contribution in [1.82, 2.24) is 0 Å². The van der Waals surface area contributed by atoms with Gasteiger partial charge in [-0.2, -0.15) is 13.6 Å². The summed E-state index contributed by atoms with van der Waals surface area (Å²) in [6.45, 7) is 4.19. The molecular formula is C19H25NO5S. The number of nitrogens with two attached hydrogens (primary N) is 1. The van der Waals surface area contributed by atoms with Crippen LogP contribution in [0.1, 0.15) is 57.4 Å². The van der Waals surface area contributed by atoms with Crippen LogP contribution < -0.4 is 14.1 Å². The van der Waals surface area contributed by atoms with Crippen molar-refractivity contribution < 1.29 is 22.1 Å². The molecule has 2 fully saturated rings. The first kappa shape index (κ1) is 17.8. The second kappa shape index (κ2) is 5.96. The van der Waals surface area contributed by atoms with E-state index in [0.29, 0.717) is 35.7 Å². The first-order chi connectivity index (χ1) is 12.2. The number of ketones is 1. The maximum atomic E-state index is 12.6. The Morgan fingerprint density at radius 1 is 1.31 bits per heavy atom. The van der Waals surface area contributed by atoms with E-state index in [-0.39, 0.29) is 17.3 Å². The molecule has 0 saturated heterocycles. The van der Waals surface area contributed by atoms with Gasteiger partial charge in [-0.15, -0.1) is 0 Å². The number of benzene rings is 1. The van der Waals surface area contributed by atoms with Gasteiger partial charge in [-0.25, -0.2) is 0 Å². The molecule has 1 aromatic rings. The summed E-state index contributed by atoms with van der Waals surface area (Å²) >= 11 is 0. The Morgan fingerprint density at radius 3 is 2.81 bits per heavy atom. The molecule has 26 heavy (non-hydrogen) atoms. The summed E-state index contributed by atoms with van der Waals surface area (Å²) in [7, 11) is -4.06. The molecule has 1 heterocycles. The second-order valence-electron chi connectivity index (χ2n) is 8.16. The molecule has 0 bridgehead atoms. The zero-order valence-corrected chi connectivity index (χ0v) is 15.9. The van der Waals surface area contributed by atoms with E-state index >= 15 is 0 Å². The lowest BCUT2D eigenvalue weighted by atomic mass is 9.51. The Morgan fingerprint density at radius 2 is 2.08 bits per heavy atom. The number of fused-ring (bicyclic) bond motifs is 5. The third kappa shape index (κ3) is 2.81. The van der Waals surface area contributed by atoms with E-state index in [2.05, 4.69) is 13.8 Å².